The van der Waals surface area contributed by atoms with Crippen LogP contribution < -0.4 is 10.3 Å². The number of carbonyl (C=O) groups excluding carboxylic acids is 1. The molecule has 10 heteroatoms. The second-order valence-corrected chi connectivity index (χ2v) is 11.1. The van der Waals surface area contributed by atoms with Crippen LogP contribution in [0.4, 0.5) is 10.5 Å². The molecule has 1 amide bonds. The molecule has 2 aromatic rings. The van der Waals surface area contributed by atoms with Crippen molar-refractivity contribution < 1.29 is 19.4 Å². The molecule has 0 radical (unpaired) electrons. The summed E-state index contributed by atoms with van der Waals surface area (Å²) in [7, 11) is 0. The van der Waals surface area contributed by atoms with Crippen LogP contribution in [0.25, 0.3) is 11.2 Å². The number of nitrogens with zero attached hydrogens (tertiary/aromatic N) is 5. The molecule has 4 atom stereocenters. The van der Waals surface area contributed by atoms with E-state index in [9.17, 15) is 19.5 Å². The summed E-state index contributed by atoms with van der Waals surface area (Å²) in [5.74, 6) is -1.07. The Bertz CT molecular complexity index is 1300. The van der Waals surface area contributed by atoms with E-state index in [4.69, 9.17) is 4.74 Å². The highest BCUT2D eigenvalue weighted by Crippen LogP contribution is 2.45. The molecule has 0 bridgehead atoms. The second kappa shape index (κ2) is 7.93. The third-order valence-electron chi connectivity index (χ3n) is 7.59. The molecule has 4 heterocycles. The van der Waals surface area contributed by atoms with Crippen LogP contribution in [0.3, 0.4) is 0 Å². The van der Waals surface area contributed by atoms with Crippen molar-refractivity contribution in [2.24, 2.45) is 0 Å². The van der Waals surface area contributed by atoms with Crippen LogP contribution in [0, 0.1) is 13.8 Å². The smallest absolute Gasteiger partial charge is 0.410 e. The maximum Gasteiger partial charge on any atom is 0.410 e. The van der Waals surface area contributed by atoms with Crippen LogP contribution in [0.2, 0.25) is 0 Å². The van der Waals surface area contributed by atoms with Gasteiger partial charge in [-0.3, -0.25) is 4.79 Å². The Morgan fingerprint density at radius 3 is 2.31 bits per heavy atom. The molecule has 10 nitrogen and oxygen atoms in total. The highest BCUT2D eigenvalue weighted by molar-refractivity contribution is 5.83. The molecule has 0 aromatic carbocycles. The fourth-order valence-electron chi connectivity index (χ4n) is 5.76. The molecule has 1 aliphatic carbocycles. The van der Waals surface area contributed by atoms with E-state index in [0.29, 0.717) is 47.9 Å². The van der Waals surface area contributed by atoms with Crippen molar-refractivity contribution in [2.75, 3.05) is 18.0 Å². The summed E-state index contributed by atoms with van der Waals surface area (Å²) in [4.78, 5) is 52.1. The zero-order valence-corrected chi connectivity index (χ0v) is 21.2. The monoisotopic (exact) mass is 483 g/mol. The number of aliphatic carboxylic acids is 1. The number of pyridine rings is 1. The minimum absolute atomic E-state index is 0.0262. The van der Waals surface area contributed by atoms with Crippen molar-refractivity contribution in [3.05, 3.63) is 27.3 Å². The van der Waals surface area contributed by atoms with Gasteiger partial charge in [-0.1, -0.05) is 6.92 Å². The molecule has 2 aliphatic heterocycles. The van der Waals surface area contributed by atoms with E-state index in [-0.39, 0.29) is 35.0 Å². The number of ether oxygens (including phenoxy) is 1. The summed E-state index contributed by atoms with van der Waals surface area (Å²) >= 11 is 0. The number of hydrogen-bond acceptors (Lipinski definition) is 7. The number of piperazine rings is 1. The maximum atomic E-state index is 13.9. The lowest BCUT2D eigenvalue weighted by Crippen LogP contribution is -2.67. The molecule has 188 valence electrons. The first kappa shape index (κ1) is 23.6. The Kier molecular flexibility index (Phi) is 5.34. The highest BCUT2D eigenvalue weighted by Gasteiger charge is 2.49. The topological polar surface area (TPSA) is 118 Å². The Hall–Kier alpha value is -3.17. The molecule has 2 aromatic heterocycles. The van der Waals surface area contributed by atoms with Gasteiger partial charge in [-0.15, -0.1) is 0 Å². The van der Waals surface area contributed by atoms with E-state index < -0.39 is 17.6 Å². The first-order valence-electron chi connectivity index (χ1n) is 12.3. The number of rotatable bonds is 2. The Morgan fingerprint density at radius 2 is 1.71 bits per heavy atom. The van der Waals surface area contributed by atoms with Gasteiger partial charge in [-0.25, -0.2) is 19.6 Å². The number of carboxylic acid groups (broad SMARTS) is 1. The molecule has 35 heavy (non-hydrogen) atoms. The number of carboxylic acids is 1. The molecule has 5 rings (SSSR count). The molecule has 1 N–H and O–H groups in total. The van der Waals surface area contributed by atoms with Crippen LogP contribution in [-0.2, 0) is 9.53 Å². The van der Waals surface area contributed by atoms with Gasteiger partial charge in [-0.05, 0) is 53.9 Å². The predicted molar refractivity (Wildman–Crippen MR) is 130 cm³/mol. The van der Waals surface area contributed by atoms with Gasteiger partial charge < -0.3 is 24.2 Å². The van der Waals surface area contributed by atoms with Crippen LogP contribution in [-0.4, -0.2) is 67.4 Å². The van der Waals surface area contributed by atoms with E-state index in [0.717, 1.165) is 12.8 Å². The van der Waals surface area contributed by atoms with Gasteiger partial charge >= 0.3 is 12.1 Å². The lowest BCUT2D eigenvalue weighted by atomic mass is 9.81. The number of aryl methyl sites for hydroxylation is 2. The lowest BCUT2D eigenvalue weighted by Gasteiger charge is -2.54. The molecule has 2 unspecified atom stereocenters. The average Bonchev–Trinajstić information content (AvgIpc) is 3.06. The van der Waals surface area contributed by atoms with Crippen molar-refractivity contribution in [1.29, 1.82) is 0 Å². The van der Waals surface area contributed by atoms with Gasteiger partial charge in [-0.2, -0.15) is 0 Å². The van der Waals surface area contributed by atoms with Gasteiger partial charge in [0.25, 0.3) is 0 Å². The molecule has 0 spiro atoms. The minimum Gasteiger partial charge on any atom is -0.480 e. The lowest BCUT2D eigenvalue weighted by molar-refractivity contribution is -0.140. The van der Waals surface area contributed by atoms with Gasteiger partial charge in [0.1, 0.15) is 17.3 Å². The molecular weight excluding hydrogens is 450 g/mol. The summed E-state index contributed by atoms with van der Waals surface area (Å²) < 4.78 is 7.36. The molecule has 1 saturated heterocycles. The predicted octanol–water partition coefficient (Wildman–Crippen LogP) is 3.13. The largest absolute Gasteiger partial charge is 0.480 e. The van der Waals surface area contributed by atoms with Crippen LogP contribution >= 0.6 is 0 Å². The van der Waals surface area contributed by atoms with E-state index in [1.54, 1.807) is 16.4 Å². The number of aromatic nitrogens is 3. The Labute approximate surface area is 203 Å². The normalized spacial score (nSPS) is 25.8. The van der Waals surface area contributed by atoms with Gasteiger partial charge in [0.15, 0.2) is 11.2 Å². The Morgan fingerprint density at radius 1 is 1.06 bits per heavy atom. The first-order chi connectivity index (χ1) is 16.4. The maximum absolute atomic E-state index is 13.9. The summed E-state index contributed by atoms with van der Waals surface area (Å²) in [5, 5.41) is 10.0. The fourth-order valence-corrected chi connectivity index (χ4v) is 5.76. The Balaban J connectivity index is 1.63. The summed E-state index contributed by atoms with van der Waals surface area (Å²) in [5.41, 5.74) is 2.30. The van der Waals surface area contributed by atoms with E-state index in [1.165, 1.54) is 0 Å². The van der Waals surface area contributed by atoms with Crippen LogP contribution in [0.5, 0.6) is 0 Å². The number of carbonyl (C=O) groups is 2. The number of anilines is 1. The summed E-state index contributed by atoms with van der Waals surface area (Å²) in [6.45, 7) is 12.0. The standard InChI is InChI=1S/C25H33N5O5/c1-12-11-17(23(32)33)30-19(12)20(21(31)18-22(30)27-14(3)13(2)26-18)28-9-10-29(16-8-7-15(16)28)24(34)35-25(4,5)6/h12,15-17H,7-11H2,1-6H3,(H,32,33)/t12?,15-,16-,17?/m0/s1. The minimum atomic E-state index is -0.942. The zero-order valence-electron chi connectivity index (χ0n) is 21.2. The quantitative estimate of drug-likeness (QED) is 0.692. The molecule has 2 fully saturated rings. The molecule has 1 saturated carbocycles. The van der Waals surface area contributed by atoms with Crippen molar-refractivity contribution in [3.8, 4) is 0 Å². The van der Waals surface area contributed by atoms with Gasteiger partial charge in [0, 0.05) is 25.0 Å². The number of hydrogen-bond donors (Lipinski definition) is 1. The third kappa shape index (κ3) is 3.65. The van der Waals surface area contributed by atoms with Crippen molar-refractivity contribution in [2.45, 2.75) is 90.4 Å². The SMILES string of the molecule is Cc1nc2c(=O)c(N3CCN(C(=O)OC(C)(C)C)[C@H]4CC[C@@H]43)c3n(c2nc1C)C(C(=O)O)CC3C. The van der Waals surface area contributed by atoms with E-state index in [2.05, 4.69) is 14.9 Å². The van der Waals surface area contributed by atoms with E-state index in [1.807, 2.05) is 34.6 Å². The fraction of sp³-hybridized carbons (Fsp3) is 0.640. The number of fused-ring (bicyclic) bond motifs is 4. The molecular formula is C25H33N5O5. The third-order valence-corrected chi connectivity index (χ3v) is 7.59. The summed E-state index contributed by atoms with van der Waals surface area (Å²) in [6.07, 6.45) is 1.74. The van der Waals surface area contributed by atoms with Crippen molar-refractivity contribution >= 4 is 28.9 Å². The van der Waals surface area contributed by atoms with Gasteiger partial charge in [0.2, 0.25) is 5.43 Å². The van der Waals surface area contributed by atoms with Crippen molar-refractivity contribution in [3.63, 3.8) is 0 Å². The summed E-state index contributed by atoms with van der Waals surface area (Å²) in [6, 6.07) is -0.882. The highest BCUT2D eigenvalue weighted by atomic mass is 16.6. The zero-order chi connectivity index (χ0) is 25.4. The molecule has 3 aliphatic rings. The average molecular weight is 484 g/mol. The second-order valence-electron chi connectivity index (χ2n) is 11.1. The van der Waals surface area contributed by atoms with Crippen molar-refractivity contribution in [1.82, 2.24) is 19.4 Å². The van der Waals surface area contributed by atoms with E-state index >= 15 is 0 Å². The number of amides is 1. The van der Waals surface area contributed by atoms with Crippen LogP contribution in [0.1, 0.15) is 76.0 Å². The first-order valence-corrected chi connectivity index (χ1v) is 12.3. The van der Waals surface area contributed by atoms with Gasteiger partial charge in [0.05, 0.1) is 23.1 Å². The van der Waals surface area contributed by atoms with Crippen LogP contribution in [0.15, 0.2) is 4.79 Å².